The molecule has 4 rings (SSSR count). The van der Waals surface area contributed by atoms with Crippen molar-refractivity contribution in [2.45, 2.75) is 12.1 Å². The van der Waals surface area contributed by atoms with Crippen molar-refractivity contribution in [3.63, 3.8) is 0 Å². The van der Waals surface area contributed by atoms with Crippen molar-refractivity contribution in [1.29, 1.82) is 0 Å². The lowest BCUT2D eigenvalue weighted by Gasteiger charge is -2.32. The summed E-state index contributed by atoms with van der Waals surface area (Å²) in [5, 5.41) is 15.6. The van der Waals surface area contributed by atoms with Gasteiger partial charge in [-0.3, -0.25) is 9.48 Å². The van der Waals surface area contributed by atoms with Gasteiger partial charge in [0.2, 0.25) is 0 Å². The van der Waals surface area contributed by atoms with Crippen LogP contribution >= 0.6 is 0 Å². The molecule has 0 saturated carbocycles. The van der Waals surface area contributed by atoms with E-state index in [0.29, 0.717) is 31.7 Å². The summed E-state index contributed by atoms with van der Waals surface area (Å²) in [5.41, 5.74) is 1.50. The summed E-state index contributed by atoms with van der Waals surface area (Å²) in [5.74, 6) is -0.0568. The maximum Gasteiger partial charge on any atom is 0.254 e. The molecule has 1 aliphatic heterocycles. The molecule has 3 aromatic rings. The Morgan fingerprint density at radius 3 is 2.55 bits per heavy atom. The van der Waals surface area contributed by atoms with Crippen LogP contribution in [0.15, 0.2) is 73.1 Å². The molecular weight excluding hydrogens is 364 g/mol. The fourth-order valence-corrected chi connectivity index (χ4v) is 4.04. The van der Waals surface area contributed by atoms with Gasteiger partial charge in [-0.1, -0.05) is 48.5 Å². The van der Waals surface area contributed by atoms with Crippen molar-refractivity contribution < 1.29 is 9.90 Å². The highest BCUT2D eigenvalue weighted by Crippen LogP contribution is 2.26. The van der Waals surface area contributed by atoms with E-state index in [1.807, 2.05) is 73.9 Å². The van der Waals surface area contributed by atoms with Gasteiger partial charge in [0.1, 0.15) is 5.60 Å². The van der Waals surface area contributed by atoms with Gasteiger partial charge in [0.05, 0.1) is 13.1 Å². The van der Waals surface area contributed by atoms with Crippen LogP contribution < -0.4 is 0 Å². The normalized spacial score (nSPS) is 20.4. The molecule has 1 saturated heterocycles. The Morgan fingerprint density at radius 1 is 1.03 bits per heavy atom. The first kappa shape index (κ1) is 19.4. The molecule has 0 bridgehead atoms. The van der Waals surface area contributed by atoms with E-state index in [-0.39, 0.29) is 12.5 Å². The number of carbonyl (C=O) groups is 1. The molecule has 29 heavy (non-hydrogen) atoms. The summed E-state index contributed by atoms with van der Waals surface area (Å²) in [6.07, 6.45) is 3.53. The Morgan fingerprint density at radius 2 is 1.79 bits per heavy atom. The first-order valence-corrected chi connectivity index (χ1v) is 9.86. The highest BCUT2D eigenvalue weighted by molar-refractivity contribution is 6.01. The summed E-state index contributed by atoms with van der Waals surface area (Å²) in [7, 11) is 1.97. The maximum absolute atomic E-state index is 13.5. The molecule has 6 heteroatoms. The van der Waals surface area contributed by atoms with Gasteiger partial charge in [0.25, 0.3) is 5.91 Å². The number of benzene rings is 2. The van der Waals surface area contributed by atoms with E-state index in [2.05, 4.69) is 10.00 Å². The summed E-state index contributed by atoms with van der Waals surface area (Å²) >= 11 is 0. The molecular formula is C23H26N4O2. The van der Waals surface area contributed by atoms with Crippen molar-refractivity contribution in [3.05, 3.63) is 78.6 Å². The number of carbonyl (C=O) groups excluding carboxylic acids is 1. The van der Waals surface area contributed by atoms with Crippen LogP contribution in [0.5, 0.6) is 0 Å². The molecule has 0 aliphatic carbocycles. The second kappa shape index (κ2) is 8.19. The third kappa shape index (κ3) is 4.39. The second-order valence-electron chi connectivity index (χ2n) is 7.80. The smallest absolute Gasteiger partial charge is 0.254 e. The average Bonchev–Trinajstić information content (AvgIpc) is 3.18. The molecule has 1 N–H and O–H groups in total. The van der Waals surface area contributed by atoms with Crippen molar-refractivity contribution in [3.8, 4) is 11.1 Å². The van der Waals surface area contributed by atoms with Gasteiger partial charge in [-0.25, -0.2) is 0 Å². The van der Waals surface area contributed by atoms with E-state index in [9.17, 15) is 9.90 Å². The summed E-state index contributed by atoms with van der Waals surface area (Å²) in [4.78, 5) is 17.4. The van der Waals surface area contributed by atoms with E-state index < -0.39 is 5.60 Å². The van der Waals surface area contributed by atoms with E-state index in [0.717, 1.165) is 11.1 Å². The van der Waals surface area contributed by atoms with Gasteiger partial charge < -0.3 is 14.9 Å². The van der Waals surface area contributed by atoms with Crippen LogP contribution in [0.25, 0.3) is 11.1 Å². The average molecular weight is 390 g/mol. The monoisotopic (exact) mass is 390 g/mol. The molecule has 1 aliphatic rings. The number of nitrogens with zero attached hydrogens (tertiary/aromatic N) is 4. The lowest BCUT2D eigenvalue weighted by molar-refractivity contribution is -0.0136. The third-order valence-corrected chi connectivity index (χ3v) is 5.35. The van der Waals surface area contributed by atoms with Crippen LogP contribution in [0, 0.1) is 0 Å². The zero-order valence-corrected chi connectivity index (χ0v) is 16.6. The topological polar surface area (TPSA) is 61.6 Å². The van der Waals surface area contributed by atoms with Crippen LogP contribution in [-0.2, 0) is 6.54 Å². The molecule has 150 valence electrons. The Balaban J connectivity index is 1.63. The van der Waals surface area contributed by atoms with E-state index in [1.165, 1.54) is 0 Å². The molecule has 2 aromatic carbocycles. The second-order valence-corrected chi connectivity index (χ2v) is 7.80. The Bertz CT molecular complexity index is 958. The number of rotatable bonds is 4. The summed E-state index contributed by atoms with van der Waals surface area (Å²) < 4.78 is 1.72. The minimum Gasteiger partial charge on any atom is -0.385 e. The number of likely N-dealkylation sites (N-methyl/N-ethyl adjacent to an activating group) is 1. The van der Waals surface area contributed by atoms with Gasteiger partial charge in [-0.2, -0.15) is 5.10 Å². The molecule has 1 fully saturated rings. The van der Waals surface area contributed by atoms with Gasteiger partial charge in [0.15, 0.2) is 0 Å². The maximum atomic E-state index is 13.5. The fourth-order valence-electron chi connectivity index (χ4n) is 4.04. The first-order valence-electron chi connectivity index (χ1n) is 9.86. The summed E-state index contributed by atoms with van der Waals surface area (Å²) in [6.45, 7) is 2.37. The Hall–Kier alpha value is -2.96. The van der Waals surface area contributed by atoms with Crippen LogP contribution in [0.3, 0.4) is 0 Å². The zero-order valence-electron chi connectivity index (χ0n) is 16.6. The number of amides is 1. The van der Waals surface area contributed by atoms with Crippen molar-refractivity contribution in [2.24, 2.45) is 0 Å². The van der Waals surface area contributed by atoms with Gasteiger partial charge in [-0.05, 0) is 30.3 Å². The molecule has 0 radical (unpaired) electrons. The third-order valence-electron chi connectivity index (χ3n) is 5.35. The van der Waals surface area contributed by atoms with E-state index in [4.69, 9.17) is 0 Å². The van der Waals surface area contributed by atoms with Gasteiger partial charge >= 0.3 is 0 Å². The fraction of sp³-hybridized carbons (Fsp3) is 0.304. The van der Waals surface area contributed by atoms with Crippen LogP contribution in [0.1, 0.15) is 10.4 Å². The number of aliphatic hydroxyl groups is 1. The minimum absolute atomic E-state index is 0.0568. The minimum atomic E-state index is -1.07. The van der Waals surface area contributed by atoms with E-state index >= 15 is 0 Å². The molecule has 2 heterocycles. The van der Waals surface area contributed by atoms with Crippen LogP contribution in [-0.4, -0.2) is 69.4 Å². The molecule has 0 unspecified atom stereocenters. The highest BCUT2D eigenvalue weighted by Gasteiger charge is 2.36. The summed E-state index contributed by atoms with van der Waals surface area (Å²) in [6, 6.07) is 19.4. The molecule has 6 nitrogen and oxygen atoms in total. The SMILES string of the molecule is CN1CCN(C(=O)c2ccccc2-c2ccccc2)C[C@](O)(Cn2cccn2)C1. The van der Waals surface area contributed by atoms with Crippen molar-refractivity contribution in [2.75, 3.05) is 33.2 Å². The van der Waals surface area contributed by atoms with Crippen LogP contribution in [0.2, 0.25) is 0 Å². The van der Waals surface area contributed by atoms with E-state index in [1.54, 1.807) is 15.8 Å². The highest BCUT2D eigenvalue weighted by atomic mass is 16.3. The number of hydrogen-bond donors (Lipinski definition) is 1. The zero-order chi connectivity index (χ0) is 20.3. The van der Waals surface area contributed by atoms with Gasteiger partial charge in [-0.15, -0.1) is 0 Å². The largest absolute Gasteiger partial charge is 0.385 e. The van der Waals surface area contributed by atoms with Crippen molar-refractivity contribution in [1.82, 2.24) is 19.6 Å². The lowest BCUT2D eigenvalue weighted by atomic mass is 9.98. The number of hydrogen-bond acceptors (Lipinski definition) is 4. The predicted molar refractivity (Wildman–Crippen MR) is 112 cm³/mol. The lowest BCUT2D eigenvalue weighted by Crippen LogP contribution is -2.50. The Kier molecular flexibility index (Phi) is 5.47. The molecule has 1 atom stereocenters. The number of aromatic nitrogens is 2. The first-order chi connectivity index (χ1) is 14.0. The molecule has 1 amide bonds. The standard InChI is InChI=1S/C23H26N4O2/c1-25-14-15-26(17-23(29,16-25)18-27-13-7-12-24-27)22(28)21-11-6-5-10-20(21)19-8-3-2-4-9-19/h2-13,29H,14-18H2,1H3/t23-/m0/s1. The molecule has 0 spiro atoms. The number of β-amino-alcohol motifs (C(OH)–C–C–N with tert-alkyl or cyclic N) is 1. The van der Waals surface area contributed by atoms with Gasteiger partial charge in [0, 0.05) is 37.6 Å². The van der Waals surface area contributed by atoms with Crippen molar-refractivity contribution >= 4 is 5.91 Å². The predicted octanol–water partition coefficient (Wildman–Crippen LogP) is 2.37. The van der Waals surface area contributed by atoms with Crippen LogP contribution in [0.4, 0.5) is 0 Å². The quantitative estimate of drug-likeness (QED) is 0.743. The molecule has 1 aromatic heterocycles. The Labute approximate surface area is 171 Å².